The molecular formula is C14H12BrNO3. The van der Waals surface area contributed by atoms with Crippen LogP contribution >= 0.6 is 15.9 Å². The summed E-state index contributed by atoms with van der Waals surface area (Å²) >= 11 is 3.36. The second-order valence-electron chi connectivity index (χ2n) is 3.83. The lowest BCUT2D eigenvalue weighted by Gasteiger charge is -2.02. The Hall–Kier alpha value is -1.88. The molecule has 98 valence electrons. The van der Waals surface area contributed by atoms with Crippen LogP contribution in [0.3, 0.4) is 0 Å². The standard InChI is InChI=1S/C14H12BrNO3/c1-2-19-14(18)13(17)10-7-8-16(9-10)12-5-3-11(15)4-6-12/h3-9H,2H2,1H3. The Bertz CT molecular complexity index is 601. The molecule has 0 aliphatic carbocycles. The summed E-state index contributed by atoms with van der Waals surface area (Å²) < 4.78 is 7.44. The molecule has 5 heteroatoms. The number of nitrogens with zero attached hydrogens (tertiary/aromatic N) is 1. The number of carbonyl (C=O) groups is 2. The fourth-order valence-corrected chi connectivity index (χ4v) is 1.88. The van der Waals surface area contributed by atoms with Gasteiger partial charge in [0.05, 0.1) is 6.61 Å². The van der Waals surface area contributed by atoms with Crippen molar-refractivity contribution in [2.24, 2.45) is 0 Å². The summed E-state index contributed by atoms with van der Waals surface area (Å²) in [6.07, 6.45) is 3.35. The zero-order valence-electron chi connectivity index (χ0n) is 10.3. The van der Waals surface area contributed by atoms with Crippen molar-refractivity contribution in [3.63, 3.8) is 0 Å². The van der Waals surface area contributed by atoms with Gasteiger partial charge in [0.25, 0.3) is 5.78 Å². The lowest BCUT2D eigenvalue weighted by atomic mass is 10.2. The Morgan fingerprint density at radius 2 is 1.89 bits per heavy atom. The molecule has 2 rings (SSSR count). The van der Waals surface area contributed by atoms with E-state index in [0.29, 0.717) is 5.56 Å². The maximum atomic E-state index is 11.7. The summed E-state index contributed by atoms with van der Waals surface area (Å²) in [5.41, 5.74) is 1.23. The topological polar surface area (TPSA) is 48.3 Å². The van der Waals surface area contributed by atoms with E-state index in [1.807, 2.05) is 24.3 Å². The maximum Gasteiger partial charge on any atom is 0.379 e. The summed E-state index contributed by atoms with van der Waals surface area (Å²) in [4.78, 5) is 23.1. The van der Waals surface area contributed by atoms with Gasteiger partial charge in [-0.25, -0.2) is 4.79 Å². The average Bonchev–Trinajstić information content (AvgIpc) is 2.88. The van der Waals surface area contributed by atoms with E-state index >= 15 is 0 Å². The van der Waals surface area contributed by atoms with E-state index in [0.717, 1.165) is 10.2 Å². The third kappa shape index (κ3) is 3.12. The molecule has 2 aromatic rings. The van der Waals surface area contributed by atoms with Gasteiger partial charge in [-0.1, -0.05) is 15.9 Å². The van der Waals surface area contributed by atoms with Crippen molar-refractivity contribution in [3.8, 4) is 5.69 Å². The van der Waals surface area contributed by atoms with E-state index < -0.39 is 11.8 Å². The summed E-state index contributed by atoms with van der Waals surface area (Å²) in [6, 6.07) is 9.22. The van der Waals surface area contributed by atoms with Crippen LogP contribution in [-0.4, -0.2) is 22.9 Å². The van der Waals surface area contributed by atoms with E-state index in [2.05, 4.69) is 20.7 Å². The molecule has 0 fully saturated rings. The predicted octanol–water partition coefficient (Wildman–Crippen LogP) is 2.99. The summed E-state index contributed by atoms with van der Waals surface area (Å²) in [6.45, 7) is 1.86. The van der Waals surface area contributed by atoms with Crippen molar-refractivity contribution in [3.05, 3.63) is 52.8 Å². The summed E-state index contributed by atoms with van der Waals surface area (Å²) in [7, 11) is 0. The smallest absolute Gasteiger partial charge is 0.379 e. The van der Waals surface area contributed by atoms with Crippen molar-refractivity contribution in [1.82, 2.24) is 4.57 Å². The van der Waals surface area contributed by atoms with Crippen molar-refractivity contribution < 1.29 is 14.3 Å². The molecule has 0 saturated heterocycles. The second kappa shape index (κ2) is 5.84. The first kappa shape index (κ1) is 13.5. The number of benzene rings is 1. The Morgan fingerprint density at radius 1 is 1.21 bits per heavy atom. The van der Waals surface area contributed by atoms with Crippen LogP contribution in [0.2, 0.25) is 0 Å². The number of Topliss-reactive ketones (excluding diaryl/α,β-unsaturated/α-hetero) is 1. The largest absolute Gasteiger partial charge is 0.460 e. The zero-order chi connectivity index (χ0) is 13.8. The number of halogens is 1. The SMILES string of the molecule is CCOC(=O)C(=O)c1ccn(-c2ccc(Br)cc2)c1. The van der Waals surface area contributed by atoms with Gasteiger partial charge in [-0.2, -0.15) is 0 Å². The monoisotopic (exact) mass is 321 g/mol. The van der Waals surface area contributed by atoms with Crippen molar-refractivity contribution in [1.29, 1.82) is 0 Å². The van der Waals surface area contributed by atoms with Gasteiger partial charge in [-0.15, -0.1) is 0 Å². The van der Waals surface area contributed by atoms with Gasteiger partial charge in [-0.3, -0.25) is 4.79 Å². The molecule has 0 spiro atoms. The molecule has 0 N–H and O–H groups in total. The number of carbonyl (C=O) groups excluding carboxylic acids is 2. The average molecular weight is 322 g/mol. The molecule has 0 atom stereocenters. The predicted molar refractivity (Wildman–Crippen MR) is 74.4 cm³/mol. The fourth-order valence-electron chi connectivity index (χ4n) is 1.62. The number of hydrogen-bond acceptors (Lipinski definition) is 3. The van der Waals surface area contributed by atoms with Gasteiger partial charge < -0.3 is 9.30 Å². The van der Waals surface area contributed by atoms with Gasteiger partial charge in [0.2, 0.25) is 0 Å². The first-order chi connectivity index (χ1) is 9.11. The minimum absolute atomic E-state index is 0.192. The molecule has 0 amide bonds. The van der Waals surface area contributed by atoms with Gasteiger partial charge in [0, 0.05) is 28.1 Å². The van der Waals surface area contributed by atoms with Crippen LogP contribution in [0.25, 0.3) is 5.69 Å². The molecule has 1 heterocycles. The van der Waals surface area contributed by atoms with Crippen LogP contribution in [0, 0.1) is 0 Å². The molecule has 19 heavy (non-hydrogen) atoms. The Labute approximate surface area is 119 Å². The first-order valence-corrected chi connectivity index (χ1v) is 6.56. The number of ketones is 1. The van der Waals surface area contributed by atoms with Crippen LogP contribution in [-0.2, 0) is 9.53 Å². The van der Waals surface area contributed by atoms with Crippen LogP contribution in [0.4, 0.5) is 0 Å². The van der Waals surface area contributed by atoms with Gasteiger partial charge in [0.1, 0.15) is 0 Å². The fraction of sp³-hybridized carbons (Fsp3) is 0.143. The van der Waals surface area contributed by atoms with Crippen LogP contribution in [0.15, 0.2) is 47.2 Å². The minimum Gasteiger partial charge on any atom is -0.460 e. The highest BCUT2D eigenvalue weighted by atomic mass is 79.9. The normalized spacial score (nSPS) is 10.2. The van der Waals surface area contributed by atoms with E-state index in [4.69, 9.17) is 0 Å². The highest BCUT2D eigenvalue weighted by molar-refractivity contribution is 9.10. The Morgan fingerprint density at radius 3 is 2.53 bits per heavy atom. The molecule has 0 aliphatic heterocycles. The van der Waals surface area contributed by atoms with E-state index in [-0.39, 0.29) is 6.61 Å². The summed E-state index contributed by atoms with van der Waals surface area (Å²) in [5.74, 6) is -1.45. The van der Waals surface area contributed by atoms with Crippen LogP contribution in [0.5, 0.6) is 0 Å². The molecule has 0 radical (unpaired) electrons. The third-order valence-corrected chi connectivity index (χ3v) is 3.07. The first-order valence-electron chi connectivity index (χ1n) is 5.77. The number of hydrogen-bond donors (Lipinski definition) is 0. The van der Waals surface area contributed by atoms with Crippen molar-refractivity contribution >= 4 is 27.7 Å². The molecule has 1 aromatic carbocycles. The lowest BCUT2D eigenvalue weighted by Crippen LogP contribution is -2.16. The van der Waals surface area contributed by atoms with Crippen LogP contribution < -0.4 is 0 Å². The minimum atomic E-state index is -0.823. The van der Waals surface area contributed by atoms with Gasteiger partial charge in [-0.05, 0) is 37.3 Å². The van der Waals surface area contributed by atoms with E-state index in [9.17, 15) is 9.59 Å². The Balaban J connectivity index is 2.21. The highest BCUT2D eigenvalue weighted by Gasteiger charge is 2.18. The third-order valence-electron chi connectivity index (χ3n) is 2.54. The molecule has 0 aliphatic rings. The molecule has 0 saturated carbocycles. The van der Waals surface area contributed by atoms with Gasteiger partial charge in [0.15, 0.2) is 0 Å². The van der Waals surface area contributed by atoms with Crippen LogP contribution in [0.1, 0.15) is 17.3 Å². The molecule has 0 unspecified atom stereocenters. The zero-order valence-corrected chi connectivity index (χ0v) is 11.9. The molecule has 4 nitrogen and oxygen atoms in total. The number of ether oxygens (including phenoxy) is 1. The second-order valence-corrected chi connectivity index (χ2v) is 4.75. The van der Waals surface area contributed by atoms with Gasteiger partial charge >= 0.3 is 5.97 Å². The number of esters is 1. The van der Waals surface area contributed by atoms with Crippen molar-refractivity contribution in [2.75, 3.05) is 6.61 Å². The summed E-state index contributed by atoms with van der Waals surface area (Å²) in [5, 5.41) is 0. The lowest BCUT2D eigenvalue weighted by molar-refractivity contribution is -0.137. The van der Waals surface area contributed by atoms with E-state index in [1.165, 1.54) is 0 Å². The number of aromatic nitrogens is 1. The Kier molecular flexibility index (Phi) is 4.16. The molecular weight excluding hydrogens is 310 g/mol. The number of rotatable bonds is 4. The molecule has 0 bridgehead atoms. The van der Waals surface area contributed by atoms with E-state index in [1.54, 1.807) is 30.0 Å². The quantitative estimate of drug-likeness (QED) is 0.494. The maximum absolute atomic E-state index is 11.7. The molecule has 1 aromatic heterocycles. The van der Waals surface area contributed by atoms with Crippen molar-refractivity contribution in [2.45, 2.75) is 6.92 Å². The highest BCUT2D eigenvalue weighted by Crippen LogP contribution is 2.15.